The molecule has 0 saturated carbocycles. The number of hydrogen-bond acceptors (Lipinski definition) is 6. The van der Waals surface area contributed by atoms with Gasteiger partial charge in [-0.05, 0) is 30.7 Å². The molecule has 1 heterocycles. The van der Waals surface area contributed by atoms with E-state index in [1.54, 1.807) is 19.1 Å². The van der Waals surface area contributed by atoms with Gasteiger partial charge in [0, 0.05) is 29.3 Å². The first-order valence-electron chi connectivity index (χ1n) is 10.5. The first kappa shape index (κ1) is 22.8. The quantitative estimate of drug-likeness (QED) is 0.520. The van der Waals surface area contributed by atoms with Crippen molar-refractivity contribution in [3.05, 3.63) is 65.5 Å². The van der Waals surface area contributed by atoms with Gasteiger partial charge in [-0.1, -0.05) is 30.3 Å². The van der Waals surface area contributed by atoms with E-state index in [2.05, 4.69) is 0 Å². The van der Waals surface area contributed by atoms with E-state index in [1.807, 2.05) is 35.1 Å². The number of rotatable bonds is 8. The number of halogens is 1. The number of carbonyl (C=O) groups excluding carboxylic acids is 1. The Balaban J connectivity index is 2.02. The van der Waals surface area contributed by atoms with Crippen molar-refractivity contribution in [3.63, 3.8) is 0 Å². The Bertz CT molecular complexity index is 1300. The molecule has 1 fully saturated rings. The zero-order chi connectivity index (χ0) is 23.6. The number of amides is 1. The zero-order valence-corrected chi connectivity index (χ0v) is 18.8. The highest BCUT2D eigenvalue weighted by molar-refractivity contribution is 7.92. The van der Waals surface area contributed by atoms with E-state index in [0.29, 0.717) is 22.4 Å². The summed E-state index contributed by atoms with van der Waals surface area (Å²) < 4.78 is 55.6. The third-order valence-corrected chi connectivity index (χ3v) is 6.59. The molecule has 0 atom stereocenters. The molecule has 3 aromatic carbocycles. The van der Waals surface area contributed by atoms with Crippen molar-refractivity contribution >= 4 is 32.6 Å². The fourth-order valence-electron chi connectivity index (χ4n) is 3.88. The summed E-state index contributed by atoms with van der Waals surface area (Å²) in [6, 6.07) is 14.1. The van der Waals surface area contributed by atoms with Crippen LogP contribution in [0.5, 0.6) is 11.5 Å². The molecule has 1 amide bonds. The van der Waals surface area contributed by atoms with Crippen molar-refractivity contribution in [2.75, 3.05) is 30.6 Å². The van der Waals surface area contributed by atoms with Crippen LogP contribution >= 0.6 is 0 Å². The summed E-state index contributed by atoms with van der Waals surface area (Å²) >= 11 is 0. The third-order valence-electron chi connectivity index (χ3n) is 5.21. The molecule has 4 rings (SSSR count). The van der Waals surface area contributed by atoms with Crippen molar-refractivity contribution in [1.82, 2.24) is 4.72 Å². The number of nitrogens with two attached hydrogens (primary N) is 1. The number of nitrogens with one attached hydrogen (secondary N) is 1. The number of fused-ring (bicyclic) bond motifs is 1. The minimum Gasteiger partial charge on any atom is -0.493 e. The van der Waals surface area contributed by atoms with E-state index in [4.69, 9.17) is 15.2 Å². The average molecular weight is 474 g/mol. The normalized spacial score (nSPS) is 15.0. The van der Waals surface area contributed by atoms with Crippen LogP contribution in [-0.2, 0) is 21.4 Å². The number of nitrogens with zero attached hydrogens (tertiary/aromatic N) is 1. The first-order valence-corrected chi connectivity index (χ1v) is 11.9. The lowest BCUT2D eigenvalue weighted by molar-refractivity contribution is -0.117. The van der Waals surface area contributed by atoms with Crippen LogP contribution in [0.4, 0.5) is 10.1 Å². The number of carbonyl (C=O) groups is 1. The smallest absolute Gasteiger partial charge is 0.326 e. The Morgan fingerprint density at radius 3 is 2.52 bits per heavy atom. The highest BCUT2D eigenvalue weighted by Crippen LogP contribution is 2.44. The predicted molar refractivity (Wildman–Crippen MR) is 123 cm³/mol. The average Bonchev–Trinajstić information content (AvgIpc) is 3.07. The van der Waals surface area contributed by atoms with E-state index in [0.717, 1.165) is 9.87 Å². The van der Waals surface area contributed by atoms with Gasteiger partial charge < -0.3 is 15.2 Å². The van der Waals surface area contributed by atoms with Crippen LogP contribution in [0.2, 0.25) is 0 Å². The first-order chi connectivity index (χ1) is 15.9. The van der Waals surface area contributed by atoms with Crippen LogP contribution in [-0.4, -0.2) is 40.6 Å². The van der Waals surface area contributed by atoms with Gasteiger partial charge in [-0.25, -0.2) is 13.4 Å². The molecule has 0 spiro atoms. The van der Waals surface area contributed by atoms with Crippen LogP contribution in [0.15, 0.2) is 48.5 Å². The topological polar surface area (TPSA) is 111 Å². The fraction of sp³-hybridized carbons (Fsp3) is 0.261. The standard InChI is InChI=1S/C23H24FN3O5S/c1-2-31-23-17-9-8-16(32-11-10-25)13-18(17)21(24)22(27-14-20(28)26-33(27,29)30)19(23)12-15-6-4-3-5-7-15/h3-9,13H,2,10-12,14,25H2,1H3,(H,26,28). The lowest BCUT2D eigenvalue weighted by atomic mass is 9.96. The summed E-state index contributed by atoms with van der Waals surface area (Å²) in [6.45, 7) is 2.06. The van der Waals surface area contributed by atoms with Gasteiger partial charge in [-0.2, -0.15) is 8.42 Å². The second kappa shape index (κ2) is 9.24. The monoisotopic (exact) mass is 473 g/mol. The molecular weight excluding hydrogens is 449 g/mol. The minimum atomic E-state index is -4.26. The van der Waals surface area contributed by atoms with E-state index in [-0.39, 0.29) is 37.3 Å². The molecule has 8 nitrogen and oxygen atoms in total. The van der Waals surface area contributed by atoms with Gasteiger partial charge in [0.15, 0.2) is 5.82 Å². The molecule has 10 heteroatoms. The molecule has 0 aliphatic carbocycles. The van der Waals surface area contributed by atoms with E-state index in [9.17, 15) is 13.2 Å². The van der Waals surface area contributed by atoms with Crippen molar-refractivity contribution in [2.24, 2.45) is 5.73 Å². The van der Waals surface area contributed by atoms with Gasteiger partial charge in [0.1, 0.15) is 24.7 Å². The van der Waals surface area contributed by atoms with Crippen molar-refractivity contribution < 1.29 is 27.1 Å². The summed E-state index contributed by atoms with van der Waals surface area (Å²) in [6.07, 6.45) is 0.198. The van der Waals surface area contributed by atoms with Crippen molar-refractivity contribution in [1.29, 1.82) is 0 Å². The third kappa shape index (κ3) is 4.44. The van der Waals surface area contributed by atoms with Crippen LogP contribution in [0.1, 0.15) is 18.1 Å². The molecule has 3 aromatic rings. The number of hydrogen-bond donors (Lipinski definition) is 2. The highest BCUT2D eigenvalue weighted by atomic mass is 32.2. The summed E-state index contributed by atoms with van der Waals surface area (Å²) in [4.78, 5) is 12.0. The van der Waals surface area contributed by atoms with Crippen molar-refractivity contribution in [3.8, 4) is 11.5 Å². The Labute approximate surface area is 191 Å². The van der Waals surface area contributed by atoms with Gasteiger partial charge in [0.05, 0.1) is 12.3 Å². The summed E-state index contributed by atoms with van der Waals surface area (Å²) in [7, 11) is -4.26. The van der Waals surface area contributed by atoms with Gasteiger partial charge in [0.25, 0.3) is 5.91 Å². The van der Waals surface area contributed by atoms with Gasteiger partial charge >= 0.3 is 10.2 Å². The maximum absolute atomic E-state index is 16.1. The molecule has 1 saturated heterocycles. The van der Waals surface area contributed by atoms with Gasteiger partial charge in [-0.15, -0.1) is 0 Å². The Morgan fingerprint density at radius 2 is 1.88 bits per heavy atom. The van der Waals surface area contributed by atoms with Crippen LogP contribution in [0, 0.1) is 5.82 Å². The lowest BCUT2D eigenvalue weighted by Gasteiger charge is -2.24. The summed E-state index contributed by atoms with van der Waals surface area (Å²) in [5.41, 5.74) is 6.44. The molecule has 1 aliphatic rings. The Kier molecular flexibility index (Phi) is 6.39. The van der Waals surface area contributed by atoms with E-state index >= 15 is 4.39 Å². The molecule has 33 heavy (non-hydrogen) atoms. The lowest BCUT2D eigenvalue weighted by Crippen LogP contribution is -2.31. The summed E-state index contributed by atoms with van der Waals surface area (Å²) in [5.74, 6) is -0.780. The zero-order valence-electron chi connectivity index (χ0n) is 18.0. The van der Waals surface area contributed by atoms with Crippen molar-refractivity contribution in [2.45, 2.75) is 13.3 Å². The highest BCUT2D eigenvalue weighted by Gasteiger charge is 2.39. The predicted octanol–water partition coefficient (Wildman–Crippen LogP) is 2.49. The minimum absolute atomic E-state index is 0.120. The molecule has 0 bridgehead atoms. The molecule has 1 aliphatic heterocycles. The van der Waals surface area contributed by atoms with Crippen LogP contribution < -0.4 is 24.2 Å². The van der Waals surface area contributed by atoms with E-state index in [1.165, 1.54) is 6.07 Å². The maximum atomic E-state index is 16.1. The Morgan fingerprint density at radius 1 is 1.12 bits per heavy atom. The molecule has 0 radical (unpaired) electrons. The number of benzene rings is 3. The molecular formula is C23H24FN3O5S. The second-order valence-electron chi connectivity index (χ2n) is 7.45. The van der Waals surface area contributed by atoms with Gasteiger partial charge in [0.2, 0.25) is 0 Å². The van der Waals surface area contributed by atoms with Crippen LogP contribution in [0.3, 0.4) is 0 Å². The SMILES string of the molecule is CCOc1c(Cc2ccccc2)c(N2CC(=O)NS2(=O)=O)c(F)c2cc(OCCN)ccc12. The fourth-order valence-corrected chi connectivity index (χ4v) is 5.06. The van der Waals surface area contributed by atoms with Gasteiger partial charge in [-0.3, -0.25) is 4.79 Å². The number of anilines is 1. The molecule has 0 aromatic heterocycles. The number of ether oxygens (including phenoxy) is 2. The maximum Gasteiger partial charge on any atom is 0.326 e. The van der Waals surface area contributed by atoms with E-state index < -0.39 is 28.5 Å². The molecule has 3 N–H and O–H groups in total. The van der Waals surface area contributed by atoms with Crippen LogP contribution in [0.25, 0.3) is 10.8 Å². The summed E-state index contributed by atoms with van der Waals surface area (Å²) in [5, 5.41) is 0.592. The molecule has 0 unspecified atom stereocenters. The molecule has 174 valence electrons. The Hall–Kier alpha value is -3.37. The largest absolute Gasteiger partial charge is 0.493 e. The second-order valence-corrected chi connectivity index (χ2v) is 9.04.